The molecule has 1 aromatic rings. The summed E-state index contributed by atoms with van der Waals surface area (Å²) in [5.41, 5.74) is -0.862. The Morgan fingerprint density at radius 3 is 2.27 bits per heavy atom. The van der Waals surface area contributed by atoms with Crippen molar-refractivity contribution in [2.24, 2.45) is 5.92 Å². The molecule has 1 fully saturated rings. The summed E-state index contributed by atoms with van der Waals surface area (Å²) in [4.78, 5) is 12.9. The number of carbonyl (C=O) groups excluding carboxylic acids is 1. The molecule has 0 aliphatic heterocycles. The Bertz CT molecular complexity index is 541. The summed E-state index contributed by atoms with van der Waals surface area (Å²) in [7, 11) is 2.17. The van der Waals surface area contributed by atoms with E-state index in [0.29, 0.717) is 12.2 Å². The van der Waals surface area contributed by atoms with Gasteiger partial charge < -0.3 is 26.7 Å². The summed E-state index contributed by atoms with van der Waals surface area (Å²) in [6.45, 7) is 7.41. The number of carbonyl (C=O) groups is 1. The molecular weight excluding hydrogens is 350 g/mol. The number of nitrogens with zero attached hydrogens (tertiary/aromatic N) is 1. The van der Waals surface area contributed by atoms with Crippen molar-refractivity contribution in [1.29, 1.82) is 0 Å². The first-order valence-electron chi connectivity index (χ1n) is 9.75. The lowest BCUT2D eigenvalue weighted by molar-refractivity contribution is -0.906. The molecule has 0 bridgehead atoms. The van der Waals surface area contributed by atoms with Gasteiger partial charge >= 0.3 is 5.97 Å². The largest absolute Gasteiger partial charge is 1.00 e. The first kappa shape index (κ1) is 22.9. The molecule has 1 aliphatic carbocycles. The molecule has 5 heteroatoms. The number of aliphatic hydroxyl groups is 1. The van der Waals surface area contributed by atoms with Crippen LogP contribution in [0.25, 0.3) is 0 Å². The van der Waals surface area contributed by atoms with Crippen LogP contribution >= 0.6 is 0 Å². The van der Waals surface area contributed by atoms with E-state index in [4.69, 9.17) is 4.74 Å². The molecular formula is C21H34ClNO3. The average molecular weight is 384 g/mol. The second-order valence-electron chi connectivity index (χ2n) is 7.58. The van der Waals surface area contributed by atoms with Gasteiger partial charge in [-0.1, -0.05) is 49.6 Å². The Morgan fingerprint density at radius 2 is 1.73 bits per heavy atom. The van der Waals surface area contributed by atoms with Gasteiger partial charge in [0.15, 0.2) is 5.60 Å². The normalized spacial score (nSPS) is 17.8. The van der Waals surface area contributed by atoms with E-state index in [1.165, 1.54) is 6.42 Å². The maximum atomic E-state index is 12.9. The standard InChI is InChI=1S/C21H34NO3.ClH/c1-4-22(3,5-2)16-17-25-20(23)21(24,18-12-8-6-9-13-18)19-14-10-7-11-15-19;/h6,8-9,12-13,19,24H,4-5,7,10-11,14-17H2,1-3H3;1H/q+1;/p-1. The number of hydrogen-bond acceptors (Lipinski definition) is 3. The first-order valence-corrected chi connectivity index (χ1v) is 9.75. The topological polar surface area (TPSA) is 46.5 Å². The van der Waals surface area contributed by atoms with Gasteiger partial charge in [-0.25, -0.2) is 4.79 Å². The fourth-order valence-corrected chi connectivity index (χ4v) is 3.74. The zero-order chi connectivity index (χ0) is 18.3. The van der Waals surface area contributed by atoms with Crippen molar-refractivity contribution in [3.8, 4) is 0 Å². The van der Waals surface area contributed by atoms with Gasteiger partial charge in [-0.15, -0.1) is 0 Å². The van der Waals surface area contributed by atoms with Crippen molar-refractivity contribution in [3.63, 3.8) is 0 Å². The van der Waals surface area contributed by atoms with Crippen LogP contribution in [-0.4, -0.2) is 48.8 Å². The number of quaternary nitrogens is 1. The van der Waals surface area contributed by atoms with Gasteiger partial charge in [-0.2, -0.15) is 0 Å². The predicted octanol–water partition coefficient (Wildman–Crippen LogP) is 0.488. The minimum atomic E-state index is -1.52. The minimum Gasteiger partial charge on any atom is -1.00 e. The monoisotopic (exact) mass is 383 g/mol. The van der Waals surface area contributed by atoms with Crippen LogP contribution in [0.3, 0.4) is 0 Å². The average Bonchev–Trinajstić information content (AvgIpc) is 2.68. The Hall–Kier alpha value is -1.10. The molecule has 1 N–H and O–H groups in total. The highest BCUT2D eigenvalue weighted by molar-refractivity contribution is 5.81. The third kappa shape index (κ3) is 5.21. The van der Waals surface area contributed by atoms with Crippen LogP contribution in [0.2, 0.25) is 0 Å². The van der Waals surface area contributed by atoms with E-state index in [1.807, 2.05) is 30.3 Å². The first-order chi connectivity index (χ1) is 12.0. The van der Waals surface area contributed by atoms with E-state index < -0.39 is 11.6 Å². The lowest BCUT2D eigenvalue weighted by atomic mass is 9.73. The summed E-state index contributed by atoms with van der Waals surface area (Å²) in [6, 6.07) is 9.33. The van der Waals surface area contributed by atoms with Crippen LogP contribution < -0.4 is 12.4 Å². The van der Waals surface area contributed by atoms with Gasteiger partial charge in [0.25, 0.3) is 0 Å². The molecule has 0 radical (unpaired) electrons. The molecule has 0 heterocycles. The van der Waals surface area contributed by atoms with E-state index >= 15 is 0 Å². The highest BCUT2D eigenvalue weighted by Crippen LogP contribution is 2.40. The number of ether oxygens (including phenoxy) is 1. The molecule has 1 aromatic carbocycles. The quantitative estimate of drug-likeness (QED) is 0.525. The van der Waals surface area contributed by atoms with Crippen molar-refractivity contribution in [2.45, 2.75) is 51.6 Å². The molecule has 26 heavy (non-hydrogen) atoms. The molecule has 1 atom stereocenters. The summed E-state index contributed by atoms with van der Waals surface area (Å²) in [5.74, 6) is -0.543. The zero-order valence-electron chi connectivity index (χ0n) is 16.4. The Labute approximate surface area is 164 Å². The predicted molar refractivity (Wildman–Crippen MR) is 100 cm³/mol. The highest BCUT2D eigenvalue weighted by atomic mass is 35.5. The van der Waals surface area contributed by atoms with E-state index in [0.717, 1.165) is 49.8 Å². The molecule has 1 unspecified atom stereocenters. The molecule has 1 saturated carbocycles. The Kier molecular flexibility index (Phi) is 9.08. The van der Waals surface area contributed by atoms with Gasteiger partial charge in [-0.05, 0) is 32.3 Å². The third-order valence-corrected chi connectivity index (χ3v) is 6.11. The molecule has 0 saturated heterocycles. The Balaban J connectivity index is 0.00000338. The molecule has 1 aliphatic rings. The number of hydrogen-bond donors (Lipinski definition) is 1. The summed E-state index contributed by atoms with van der Waals surface area (Å²) < 4.78 is 6.47. The third-order valence-electron chi connectivity index (χ3n) is 6.11. The van der Waals surface area contributed by atoms with Crippen molar-refractivity contribution < 1.29 is 31.5 Å². The van der Waals surface area contributed by atoms with Gasteiger partial charge in [0.05, 0.1) is 20.1 Å². The van der Waals surface area contributed by atoms with Crippen molar-refractivity contribution in [3.05, 3.63) is 35.9 Å². The van der Waals surface area contributed by atoms with Crippen molar-refractivity contribution in [2.75, 3.05) is 33.3 Å². The molecule has 0 aromatic heterocycles. The van der Waals surface area contributed by atoms with Crippen LogP contribution in [0, 0.1) is 5.92 Å². The number of esters is 1. The zero-order valence-corrected chi connectivity index (χ0v) is 17.2. The Morgan fingerprint density at radius 1 is 1.15 bits per heavy atom. The van der Waals surface area contributed by atoms with E-state index in [2.05, 4.69) is 20.9 Å². The number of benzene rings is 1. The smallest absolute Gasteiger partial charge is 0.343 e. The van der Waals surface area contributed by atoms with Crippen molar-refractivity contribution in [1.82, 2.24) is 0 Å². The fourth-order valence-electron chi connectivity index (χ4n) is 3.74. The minimum absolute atomic E-state index is 0. The number of rotatable bonds is 8. The maximum Gasteiger partial charge on any atom is 0.343 e. The maximum absolute atomic E-state index is 12.9. The lowest BCUT2D eigenvalue weighted by Crippen LogP contribution is -3.00. The summed E-state index contributed by atoms with van der Waals surface area (Å²) >= 11 is 0. The SMILES string of the molecule is CC[N+](C)(CC)CCOC(=O)C(O)(c1ccccc1)C1CCCCC1.[Cl-]. The van der Waals surface area contributed by atoms with Crippen LogP contribution in [-0.2, 0) is 15.1 Å². The van der Waals surface area contributed by atoms with Gasteiger partial charge in [-0.3, -0.25) is 0 Å². The molecule has 148 valence electrons. The highest BCUT2D eigenvalue weighted by Gasteiger charge is 2.47. The second kappa shape index (κ2) is 10.3. The summed E-state index contributed by atoms with van der Waals surface area (Å²) in [5, 5.41) is 11.4. The fraction of sp³-hybridized carbons (Fsp3) is 0.667. The van der Waals surface area contributed by atoms with Crippen LogP contribution in [0.15, 0.2) is 30.3 Å². The van der Waals surface area contributed by atoms with Crippen LogP contribution in [0.1, 0.15) is 51.5 Å². The molecule has 0 spiro atoms. The molecule has 0 amide bonds. The van der Waals surface area contributed by atoms with E-state index in [9.17, 15) is 9.90 Å². The van der Waals surface area contributed by atoms with Crippen molar-refractivity contribution >= 4 is 5.97 Å². The van der Waals surface area contributed by atoms with Gasteiger partial charge in [0.1, 0.15) is 13.2 Å². The van der Waals surface area contributed by atoms with E-state index in [1.54, 1.807) is 0 Å². The number of likely N-dealkylation sites (N-methyl/N-ethyl adjacent to an activating group) is 1. The van der Waals surface area contributed by atoms with Gasteiger partial charge in [0, 0.05) is 5.92 Å². The van der Waals surface area contributed by atoms with Crippen LogP contribution in [0.5, 0.6) is 0 Å². The lowest BCUT2D eigenvalue weighted by Gasteiger charge is -2.37. The number of halogens is 1. The summed E-state index contributed by atoms with van der Waals surface area (Å²) in [6.07, 6.45) is 5.05. The molecule has 4 nitrogen and oxygen atoms in total. The van der Waals surface area contributed by atoms with Gasteiger partial charge in [0.2, 0.25) is 0 Å². The van der Waals surface area contributed by atoms with E-state index in [-0.39, 0.29) is 18.3 Å². The second-order valence-corrected chi connectivity index (χ2v) is 7.58. The van der Waals surface area contributed by atoms with Crippen LogP contribution in [0.4, 0.5) is 0 Å². The molecule has 2 rings (SSSR count).